The van der Waals surface area contributed by atoms with Crippen molar-refractivity contribution >= 4 is 13.3 Å². The highest BCUT2D eigenvalue weighted by atomic mass is 31.2. The van der Waals surface area contributed by atoms with Crippen LogP contribution in [0.25, 0.3) is 0 Å². The predicted molar refractivity (Wildman–Crippen MR) is 65.4 cm³/mol. The quantitative estimate of drug-likeness (QED) is 0.631. The summed E-state index contributed by atoms with van der Waals surface area (Å²) in [6.07, 6.45) is 0.0475. The van der Waals surface area contributed by atoms with Crippen molar-refractivity contribution in [3.8, 4) is 0 Å². The zero-order chi connectivity index (χ0) is 12.9. The highest BCUT2D eigenvalue weighted by Gasteiger charge is 2.24. The first kappa shape index (κ1) is 14.2. The van der Waals surface area contributed by atoms with E-state index in [1.165, 1.54) is 12.1 Å². The van der Waals surface area contributed by atoms with Gasteiger partial charge in [0.05, 0.1) is 25.1 Å². The van der Waals surface area contributed by atoms with Crippen LogP contribution in [0, 0.1) is 5.82 Å². The number of nitrogens with two attached hydrogens (primary N) is 1. The van der Waals surface area contributed by atoms with E-state index in [1.807, 2.05) is 0 Å². The Kier molecular flexibility index (Phi) is 5.12. The molecular formula is C11H17FNO3P. The number of benzene rings is 1. The first-order chi connectivity index (χ1) is 8.00. The van der Waals surface area contributed by atoms with Crippen LogP contribution in [-0.4, -0.2) is 13.2 Å². The van der Waals surface area contributed by atoms with Crippen LogP contribution < -0.4 is 5.73 Å². The molecule has 0 bridgehead atoms. The Labute approximate surface area is 100 Å². The first-order valence-corrected chi connectivity index (χ1v) is 7.15. The van der Waals surface area contributed by atoms with Crippen LogP contribution in [0.1, 0.15) is 19.4 Å². The molecule has 6 heteroatoms. The fourth-order valence-electron chi connectivity index (χ4n) is 1.41. The summed E-state index contributed by atoms with van der Waals surface area (Å²) < 4.78 is 35.7. The van der Waals surface area contributed by atoms with Crippen LogP contribution >= 0.6 is 7.60 Å². The summed E-state index contributed by atoms with van der Waals surface area (Å²) in [5, 5.41) is 0. The number of hydrogen-bond donors (Lipinski definition) is 1. The predicted octanol–water partition coefficient (Wildman–Crippen LogP) is 3.17. The van der Waals surface area contributed by atoms with Crippen molar-refractivity contribution in [3.05, 3.63) is 29.6 Å². The van der Waals surface area contributed by atoms with Gasteiger partial charge >= 0.3 is 7.60 Å². The maximum Gasteiger partial charge on any atom is 0.335 e. The van der Waals surface area contributed by atoms with Crippen LogP contribution in [0.2, 0.25) is 0 Å². The molecule has 2 N–H and O–H groups in total. The van der Waals surface area contributed by atoms with Crippen LogP contribution in [-0.2, 0) is 19.8 Å². The minimum absolute atomic E-state index is 0.0475. The minimum Gasteiger partial charge on any atom is -0.396 e. The molecule has 1 aromatic carbocycles. The Balaban J connectivity index is 2.86. The second-order valence-electron chi connectivity index (χ2n) is 3.46. The van der Waals surface area contributed by atoms with Crippen molar-refractivity contribution in [2.24, 2.45) is 0 Å². The molecule has 0 radical (unpaired) electrons. The van der Waals surface area contributed by atoms with Gasteiger partial charge in [-0.1, -0.05) is 6.07 Å². The summed E-state index contributed by atoms with van der Waals surface area (Å²) in [4.78, 5) is 0. The zero-order valence-electron chi connectivity index (χ0n) is 9.98. The molecule has 17 heavy (non-hydrogen) atoms. The van der Waals surface area contributed by atoms with E-state index in [4.69, 9.17) is 14.8 Å². The minimum atomic E-state index is -3.18. The summed E-state index contributed by atoms with van der Waals surface area (Å²) in [5.74, 6) is -0.526. The summed E-state index contributed by atoms with van der Waals surface area (Å²) in [6.45, 7) is 4.04. The van der Waals surface area contributed by atoms with Gasteiger partial charge < -0.3 is 14.8 Å². The average molecular weight is 261 g/mol. The molecule has 0 aliphatic carbocycles. The van der Waals surface area contributed by atoms with Gasteiger partial charge in [0.2, 0.25) is 0 Å². The third-order valence-electron chi connectivity index (χ3n) is 2.09. The lowest BCUT2D eigenvalue weighted by Gasteiger charge is -2.17. The van der Waals surface area contributed by atoms with Crippen LogP contribution in [0.4, 0.5) is 10.1 Å². The number of hydrogen-bond acceptors (Lipinski definition) is 4. The fraction of sp³-hybridized carbons (Fsp3) is 0.455. The summed E-state index contributed by atoms with van der Waals surface area (Å²) in [6, 6.07) is 4.30. The van der Waals surface area contributed by atoms with E-state index < -0.39 is 13.4 Å². The third-order valence-corrected chi connectivity index (χ3v) is 4.15. The Hall–Kier alpha value is -0.900. The monoisotopic (exact) mass is 261 g/mol. The molecule has 96 valence electrons. The van der Waals surface area contributed by atoms with Crippen molar-refractivity contribution in [2.45, 2.75) is 20.0 Å². The smallest absolute Gasteiger partial charge is 0.335 e. The fourth-order valence-corrected chi connectivity index (χ4v) is 3.10. The van der Waals surface area contributed by atoms with Crippen LogP contribution in [0.5, 0.6) is 0 Å². The maximum absolute atomic E-state index is 13.2. The highest BCUT2D eigenvalue weighted by Crippen LogP contribution is 2.51. The van der Waals surface area contributed by atoms with Gasteiger partial charge in [0.1, 0.15) is 5.82 Å². The molecule has 4 nitrogen and oxygen atoms in total. The molecule has 1 rings (SSSR count). The van der Waals surface area contributed by atoms with E-state index in [1.54, 1.807) is 19.9 Å². The van der Waals surface area contributed by atoms with Gasteiger partial charge in [0.25, 0.3) is 0 Å². The van der Waals surface area contributed by atoms with Gasteiger partial charge in [-0.15, -0.1) is 0 Å². The zero-order valence-corrected chi connectivity index (χ0v) is 10.9. The van der Waals surface area contributed by atoms with Gasteiger partial charge in [0.15, 0.2) is 0 Å². The summed E-state index contributed by atoms with van der Waals surface area (Å²) in [5.41, 5.74) is 5.97. The maximum atomic E-state index is 13.2. The molecule has 0 saturated heterocycles. The van der Waals surface area contributed by atoms with E-state index in [-0.39, 0.29) is 25.1 Å². The SMILES string of the molecule is CCOP(=O)(Cc1ccc(N)c(F)c1)OCC. The normalized spacial score (nSPS) is 11.7. The first-order valence-electron chi connectivity index (χ1n) is 5.42. The van der Waals surface area contributed by atoms with Crippen molar-refractivity contribution in [2.75, 3.05) is 18.9 Å². The molecule has 0 atom stereocenters. The molecule has 0 unspecified atom stereocenters. The van der Waals surface area contributed by atoms with E-state index in [0.717, 1.165) is 0 Å². The highest BCUT2D eigenvalue weighted by molar-refractivity contribution is 7.53. The van der Waals surface area contributed by atoms with Gasteiger partial charge in [-0.3, -0.25) is 4.57 Å². The van der Waals surface area contributed by atoms with Gasteiger partial charge in [-0.05, 0) is 31.5 Å². The molecule has 0 saturated carbocycles. The molecule has 0 aromatic heterocycles. The van der Waals surface area contributed by atoms with Crippen molar-refractivity contribution in [3.63, 3.8) is 0 Å². The molecule has 0 heterocycles. The van der Waals surface area contributed by atoms with Crippen LogP contribution in [0.15, 0.2) is 18.2 Å². The largest absolute Gasteiger partial charge is 0.396 e. The number of rotatable bonds is 6. The second-order valence-corrected chi connectivity index (χ2v) is 5.51. The van der Waals surface area contributed by atoms with E-state index in [9.17, 15) is 8.96 Å². The van der Waals surface area contributed by atoms with Gasteiger partial charge in [-0.25, -0.2) is 4.39 Å². The van der Waals surface area contributed by atoms with Crippen molar-refractivity contribution in [1.82, 2.24) is 0 Å². The van der Waals surface area contributed by atoms with E-state index >= 15 is 0 Å². The Morgan fingerprint density at radius 3 is 2.35 bits per heavy atom. The number of nitrogen functional groups attached to an aromatic ring is 1. The lowest BCUT2D eigenvalue weighted by molar-refractivity contribution is 0.219. The van der Waals surface area contributed by atoms with E-state index in [2.05, 4.69) is 0 Å². The molecular weight excluding hydrogens is 244 g/mol. The Morgan fingerprint density at radius 2 is 1.88 bits per heavy atom. The summed E-state index contributed by atoms with van der Waals surface area (Å²) in [7, 11) is -3.18. The molecule has 1 aromatic rings. The lowest BCUT2D eigenvalue weighted by atomic mass is 10.2. The van der Waals surface area contributed by atoms with Crippen molar-refractivity contribution in [1.29, 1.82) is 0 Å². The number of anilines is 1. The van der Waals surface area contributed by atoms with Gasteiger partial charge in [-0.2, -0.15) is 0 Å². The lowest BCUT2D eigenvalue weighted by Crippen LogP contribution is -2.00. The van der Waals surface area contributed by atoms with E-state index in [0.29, 0.717) is 5.56 Å². The number of halogens is 1. The Morgan fingerprint density at radius 1 is 1.29 bits per heavy atom. The Bertz CT molecular complexity index is 415. The summed E-state index contributed by atoms with van der Waals surface area (Å²) >= 11 is 0. The van der Waals surface area contributed by atoms with Crippen LogP contribution in [0.3, 0.4) is 0 Å². The average Bonchev–Trinajstić information content (AvgIpc) is 2.24. The van der Waals surface area contributed by atoms with Crippen molar-refractivity contribution < 1.29 is 18.0 Å². The molecule has 0 spiro atoms. The second kappa shape index (κ2) is 6.15. The molecule has 0 amide bonds. The third kappa shape index (κ3) is 4.11. The molecule has 0 aliphatic rings. The molecule has 0 aliphatic heterocycles. The topological polar surface area (TPSA) is 61.5 Å². The molecule has 0 fully saturated rings. The van der Waals surface area contributed by atoms with Gasteiger partial charge in [0, 0.05) is 0 Å². The standard InChI is InChI=1S/C11H17FNO3P/c1-3-15-17(14,16-4-2)8-9-5-6-11(13)10(12)7-9/h5-7H,3-4,8,13H2,1-2H3.